The van der Waals surface area contributed by atoms with Crippen LogP contribution in [-0.4, -0.2) is 44.1 Å². The number of hydrogen-bond donors (Lipinski definition) is 1. The number of nitrogens with zero attached hydrogens (tertiary/aromatic N) is 1. The first-order valence-corrected chi connectivity index (χ1v) is 9.47. The lowest BCUT2D eigenvalue weighted by molar-refractivity contribution is 0.0785. The number of sulfone groups is 1. The van der Waals surface area contributed by atoms with Crippen molar-refractivity contribution >= 4 is 15.7 Å². The minimum atomic E-state index is -3.50. The van der Waals surface area contributed by atoms with E-state index in [1.54, 1.807) is 39.1 Å². The summed E-state index contributed by atoms with van der Waals surface area (Å²) in [5.74, 6) is 0.0490. The summed E-state index contributed by atoms with van der Waals surface area (Å²) in [5, 5.41) is -0.573. The van der Waals surface area contributed by atoms with E-state index in [0.717, 1.165) is 0 Å². The zero-order chi connectivity index (χ0) is 17.8. The van der Waals surface area contributed by atoms with Gasteiger partial charge in [0.05, 0.1) is 15.7 Å². The average Bonchev–Trinajstić information content (AvgIpc) is 2.51. The van der Waals surface area contributed by atoms with Gasteiger partial charge in [-0.1, -0.05) is 26.0 Å². The van der Waals surface area contributed by atoms with Gasteiger partial charge in [0.1, 0.15) is 0 Å². The highest BCUT2D eigenvalue weighted by molar-refractivity contribution is 7.92. The van der Waals surface area contributed by atoms with Gasteiger partial charge in [-0.3, -0.25) is 4.79 Å². The largest absolute Gasteiger partial charge is 0.342 e. The SMILES string of the molecule is CC(C)C(N)CCN(C)C(=O)c1ccccc1S(=O)(=O)C(C)C. The Labute approximate surface area is 139 Å². The van der Waals surface area contributed by atoms with E-state index in [1.807, 2.05) is 13.8 Å². The summed E-state index contributed by atoms with van der Waals surface area (Å²) in [5.41, 5.74) is 6.23. The number of hydrogen-bond acceptors (Lipinski definition) is 4. The second-order valence-electron chi connectivity index (χ2n) is 6.51. The number of carbonyl (C=O) groups excluding carboxylic acids is 1. The van der Waals surface area contributed by atoms with E-state index in [9.17, 15) is 13.2 Å². The van der Waals surface area contributed by atoms with Crippen LogP contribution in [0.3, 0.4) is 0 Å². The van der Waals surface area contributed by atoms with E-state index >= 15 is 0 Å². The number of nitrogens with two attached hydrogens (primary N) is 1. The van der Waals surface area contributed by atoms with E-state index in [1.165, 1.54) is 11.0 Å². The molecule has 0 aliphatic heterocycles. The van der Waals surface area contributed by atoms with Gasteiger partial charge in [-0.15, -0.1) is 0 Å². The van der Waals surface area contributed by atoms with Crippen LogP contribution in [0.5, 0.6) is 0 Å². The smallest absolute Gasteiger partial charge is 0.254 e. The Morgan fingerprint density at radius 1 is 1.17 bits per heavy atom. The highest BCUT2D eigenvalue weighted by Gasteiger charge is 2.26. The maximum Gasteiger partial charge on any atom is 0.254 e. The fourth-order valence-electron chi connectivity index (χ4n) is 2.13. The van der Waals surface area contributed by atoms with Crippen molar-refractivity contribution in [3.63, 3.8) is 0 Å². The van der Waals surface area contributed by atoms with E-state index in [2.05, 4.69) is 0 Å². The predicted molar refractivity (Wildman–Crippen MR) is 93.2 cm³/mol. The molecular formula is C17H28N2O3S. The van der Waals surface area contributed by atoms with Gasteiger partial charge in [-0.2, -0.15) is 0 Å². The molecule has 0 radical (unpaired) electrons. The molecule has 0 heterocycles. The van der Waals surface area contributed by atoms with Crippen molar-refractivity contribution < 1.29 is 13.2 Å². The van der Waals surface area contributed by atoms with Crippen LogP contribution in [0.25, 0.3) is 0 Å². The lowest BCUT2D eigenvalue weighted by Crippen LogP contribution is -2.35. The van der Waals surface area contributed by atoms with Crippen LogP contribution < -0.4 is 5.73 Å². The molecule has 2 N–H and O–H groups in total. The molecule has 0 saturated carbocycles. The summed E-state index contributed by atoms with van der Waals surface area (Å²) in [7, 11) is -1.83. The van der Waals surface area contributed by atoms with Crippen molar-refractivity contribution in [2.75, 3.05) is 13.6 Å². The van der Waals surface area contributed by atoms with Crippen molar-refractivity contribution in [3.8, 4) is 0 Å². The summed E-state index contributed by atoms with van der Waals surface area (Å²) in [6.07, 6.45) is 0.680. The highest BCUT2D eigenvalue weighted by Crippen LogP contribution is 2.21. The third-order valence-corrected chi connectivity index (χ3v) is 6.26. The van der Waals surface area contributed by atoms with Crippen LogP contribution in [0.2, 0.25) is 0 Å². The number of carbonyl (C=O) groups is 1. The van der Waals surface area contributed by atoms with Crippen LogP contribution >= 0.6 is 0 Å². The van der Waals surface area contributed by atoms with E-state index in [-0.39, 0.29) is 22.4 Å². The lowest BCUT2D eigenvalue weighted by atomic mass is 10.0. The van der Waals surface area contributed by atoms with Gasteiger partial charge in [0.25, 0.3) is 5.91 Å². The van der Waals surface area contributed by atoms with E-state index < -0.39 is 15.1 Å². The van der Waals surface area contributed by atoms with Gasteiger partial charge in [-0.05, 0) is 38.3 Å². The fourth-order valence-corrected chi connectivity index (χ4v) is 3.37. The molecule has 1 rings (SSSR count). The fraction of sp³-hybridized carbons (Fsp3) is 0.588. The quantitative estimate of drug-likeness (QED) is 0.826. The van der Waals surface area contributed by atoms with Crippen molar-refractivity contribution in [2.45, 2.75) is 50.3 Å². The molecule has 1 aromatic carbocycles. The normalized spacial score (nSPS) is 13.4. The number of benzene rings is 1. The minimum absolute atomic E-state index is 0.0138. The summed E-state index contributed by atoms with van der Waals surface area (Å²) in [6, 6.07) is 6.40. The Hall–Kier alpha value is -1.40. The molecule has 0 saturated heterocycles. The first-order valence-electron chi connectivity index (χ1n) is 7.93. The molecule has 0 fully saturated rings. The molecular weight excluding hydrogens is 312 g/mol. The molecule has 0 aliphatic rings. The molecule has 1 unspecified atom stereocenters. The van der Waals surface area contributed by atoms with Crippen LogP contribution in [-0.2, 0) is 9.84 Å². The molecule has 130 valence electrons. The number of rotatable bonds is 7. The van der Waals surface area contributed by atoms with Crippen molar-refractivity contribution in [1.29, 1.82) is 0 Å². The van der Waals surface area contributed by atoms with Crippen molar-refractivity contribution in [3.05, 3.63) is 29.8 Å². The van der Waals surface area contributed by atoms with Crippen molar-refractivity contribution in [1.82, 2.24) is 4.90 Å². The Morgan fingerprint density at radius 2 is 1.74 bits per heavy atom. The van der Waals surface area contributed by atoms with Gasteiger partial charge in [0, 0.05) is 19.6 Å². The second kappa shape index (κ2) is 7.93. The van der Waals surface area contributed by atoms with Gasteiger partial charge in [0.15, 0.2) is 9.84 Å². The molecule has 5 nitrogen and oxygen atoms in total. The van der Waals surface area contributed by atoms with Gasteiger partial charge < -0.3 is 10.6 Å². The highest BCUT2D eigenvalue weighted by atomic mass is 32.2. The molecule has 0 aromatic heterocycles. The second-order valence-corrected chi connectivity index (χ2v) is 8.99. The minimum Gasteiger partial charge on any atom is -0.342 e. The zero-order valence-electron chi connectivity index (χ0n) is 14.6. The molecule has 0 aliphatic carbocycles. The molecule has 0 spiro atoms. The third kappa shape index (κ3) is 4.78. The summed E-state index contributed by atoms with van der Waals surface area (Å²) in [6.45, 7) is 7.80. The third-order valence-electron chi connectivity index (χ3n) is 4.05. The van der Waals surface area contributed by atoms with E-state index in [0.29, 0.717) is 18.9 Å². The van der Waals surface area contributed by atoms with Crippen LogP contribution in [0, 0.1) is 5.92 Å². The maximum absolute atomic E-state index is 12.6. The first kappa shape index (κ1) is 19.6. The van der Waals surface area contributed by atoms with Gasteiger partial charge >= 0.3 is 0 Å². The van der Waals surface area contributed by atoms with Crippen LogP contribution in [0.4, 0.5) is 0 Å². The first-order chi connectivity index (χ1) is 10.6. The predicted octanol–water partition coefficient (Wildman–Crippen LogP) is 2.31. The average molecular weight is 340 g/mol. The van der Waals surface area contributed by atoms with E-state index in [4.69, 9.17) is 5.73 Å². The topological polar surface area (TPSA) is 80.5 Å². The molecule has 1 aromatic rings. The molecule has 6 heteroatoms. The summed E-state index contributed by atoms with van der Waals surface area (Å²) >= 11 is 0. The van der Waals surface area contributed by atoms with Crippen molar-refractivity contribution in [2.24, 2.45) is 11.7 Å². The summed E-state index contributed by atoms with van der Waals surface area (Å²) in [4.78, 5) is 14.3. The Balaban J connectivity index is 3.01. The number of amides is 1. The van der Waals surface area contributed by atoms with Crippen LogP contribution in [0.15, 0.2) is 29.2 Å². The Kier molecular flexibility index (Phi) is 6.77. The molecule has 23 heavy (non-hydrogen) atoms. The zero-order valence-corrected chi connectivity index (χ0v) is 15.4. The summed E-state index contributed by atoms with van der Waals surface area (Å²) < 4.78 is 24.9. The van der Waals surface area contributed by atoms with Gasteiger partial charge in [0.2, 0.25) is 0 Å². The molecule has 1 atom stereocenters. The standard InChI is InChI=1S/C17H28N2O3S/c1-12(2)15(18)10-11-19(5)17(20)14-8-6-7-9-16(14)23(21,22)13(3)4/h6-9,12-13,15H,10-11,18H2,1-5H3. The Morgan fingerprint density at radius 3 is 2.26 bits per heavy atom. The van der Waals surface area contributed by atoms with Gasteiger partial charge in [-0.25, -0.2) is 8.42 Å². The molecule has 0 bridgehead atoms. The Bertz CT molecular complexity index is 639. The monoisotopic (exact) mass is 340 g/mol. The van der Waals surface area contributed by atoms with Crippen LogP contribution in [0.1, 0.15) is 44.5 Å². The molecule has 1 amide bonds. The maximum atomic E-state index is 12.6. The lowest BCUT2D eigenvalue weighted by Gasteiger charge is -2.22.